The highest BCUT2D eigenvalue weighted by Crippen LogP contribution is 2.47. The molecule has 1 N–H and O–H groups in total. The smallest absolute Gasteiger partial charge is 0.0612 e. The lowest BCUT2D eigenvalue weighted by Gasteiger charge is -2.42. The Labute approximate surface area is 108 Å². The molecular weight excluding hydrogens is 220 g/mol. The summed E-state index contributed by atoms with van der Waals surface area (Å²) in [5.41, 5.74) is 4.59. The van der Waals surface area contributed by atoms with E-state index in [0.29, 0.717) is 0 Å². The number of hydrogen-bond donors (Lipinski definition) is 1. The van der Waals surface area contributed by atoms with Crippen LogP contribution in [0.1, 0.15) is 31.5 Å². The number of rotatable bonds is 0. The van der Waals surface area contributed by atoms with Crippen molar-refractivity contribution in [2.75, 3.05) is 13.1 Å². The van der Waals surface area contributed by atoms with Crippen LogP contribution in [0.5, 0.6) is 0 Å². The molecule has 1 saturated heterocycles. The van der Waals surface area contributed by atoms with Gasteiger partial charge in [-0.1, -0.05) is 25.1 Å². The number of aromatic nitrogens is 1. The van der Waals surface area contributed by atoms with Gasteiger partial charge in [0.05, 0.1) is 5.54 Å². The van der Waals surface area contributed by atoms with Crippen LogP contribution in [0.25, 0.3) is 10.9 Å². The first-order valence-corrected chi connectivity index (χ1v) is 7.06. The van der Waals surface area contributed by atoms with Gasteiger partial charge in [0.25, 0.3) is 0 Å². The minimum absolute atomic E-state index is 0.229. The zero-order valence-electron chi connectivity index (χ0n) is 11.2. The van der Waals surface area contributed by atoms with Crippen molar-refractivity contribution in [3.05, 3.63) is 35.5 Å². The molecule has 1 aromatic carbocycles. The molecule has 0 unspecified atom stereocenters. The first-order chi connectivity index (χ1) is 8.71. The van der Waals surface area contributed by atoms with Crippen LogP contribution >= 0.6 is 0 Å². The first kappa shape index (κ1) is 10.6. The van der Waals surface area contributed by atoms with Crippen LogP contribution in [0.2, 0.25) is 0 Å². The lowest BCUT2D eigenvalue weighted by atomic mass is 9.80. The van der Waals surface area contributed by atoms with Crippen LogP contribution < -0.4 is 0 Å². The maximum Gasteiger partial charge on any atom is 0.0612 e. The predicted octanol–water partition coefficient (Wildman–Crippen LogP) is 3.28. The quantitative estimate of drug-likeness (QED) is 0.748. The number of hydrogen-bond acceptors (Lipinski definition) is 1. The van der Waals surface area contributed by atoms with E-state index in [0.717, 1.165) is 5.92 Å². The summed E-state index contributed by atoms with van der Waals surface area (Å²) in [5.74, 6) is 0.740. The minimum atomic E-state index is 0.229. The van der Waals surface area contributed by atoms with Crippen molar-refractivity contribution in [1.82, 2.24) is 9.88 Å². The third-order valence-electron chi connectivity index (χ3n) is 5.40. The van der Waals surface area contributed by atoms with Crippen LogP contribution in [0, 0.1) is 5.92 Å². The number of fused-ring (bicyclic) bond motifs is 5. The maximum absolute atomic E-state index is 3.72. The van der Waals surface area contributed by atoms with E-state index in [4.69, 9.17) is 0 Å². The fourth-order valence-electron chi connectivity index (χ4n) is 4.06. The molecule has 2 heteroatoms. The second-order valence-electron chi connectivity index (χ2n) is 6.10. The Morgan fingerprint density at radius 2 is 2.11 bits per heavy atom. The lowest BCUT2D eigenvalue weighted by Crippen LogP contribution is -2.46. The fourth-order valence-corrected chi connectivity index (χ4v) is 4.06. The van der Waals surface area contributed by atoms with Gasteiger partial charge in [-0.05, 0) is 43.9 Å². The second-order valence-corrected chi connectivity index (χ2v) is 6.10. The molecule has 2 aromatic rings. The van der Waals surface area contributed by atoms with Crippen molar-refractivity contribution < 1.29 is 0 Å². The Kier molecular flexibility index (Phi) is 2.00. The summed E-state index contributed by atoms with van der Waals surface area (Å²) in [6, 6.07) is 8.76. The Bertz CT molecular complexity index is 613. The molecule has 2 atom stereocenters. The topological polar surface area (TPSA) is 19.0 Å². The van der Waals surface area contributed by atoms with E-state index in [1.54, 1.807) is 5.56 Å². The number of para-hydroxylation sites is 1. The number of aromatic amines is 1. The van der Waals surface area contributed by atoms with Crippen LogP contribution in [-0.2, 0) is 12.0 Å². The van der Waals surface area contributed by atoms with Crippen LogP contribution in [0.4, 0.5) is 0 Å². The summed E-state index contributed by atoms with van der Waals surface area (Å²) in [6.45, 7) is 7.31. The molecule has 3 heterocycles. The molecule has 1 fully saturated rings. The molecule has 0 amide bonds. The summed E-state index contributed by atoms with van der Waals surface area (Å²) in [4.78, 5) is 6.39. The average Bonchev–Trinajstić information content (AvgIpc) is 2.90. The molecule has 1 aromatic heterocycles. The van der Waals surface area contributed by atoms with E-state index in [1.165, 1.54) is 42.5 Å². The largest absolute Gasteiger partial charge is 0.357 e. The molecule has 2 nitrogen and oxygen atoms in total. The molecule has 0 radical (unpaired) electrons. The summed E-state index contributed by atoms with van der Waals surface area (Å²) < 4.78 is 0. The fraction of sp³-hybridized carbons (Fsp3) is 0.500. The zero-order chi connectivity index (χ0) is 12.3. The third kappa shape index (κ3) is 1.12. The Balaban J connectivity index is 2.01. The highest BCUT2D eigenvalue weighted by Gasteiger charge is 2.48. The number of H-pyrrole nitrogens is 1. The van der Waals surface area contributed by atoms with Crippen LogP contribution in [0.15, 0.2) is 24.3 Å². The molecule has 0 aliphatic carbocycles. The Hall–Kier alpha value is -1.28. The third-order valence-corrected chi connectivity index (χ3v) is 5.40. The van der Waals surface area contributed by atoms with Crippen molar-refractivity contribution in [1.29, 1.82) is 0 Å². The molecule has 0 saturated carbocycles. The van der Waals surface area contributed by atoms with Gasteiger partial charge in [0, 0.05) is 23.1 Å². The van der Waals surface area contributed by atoms with Gasteiger partial charge < -0.3 is 4.98 Å². The van der Waals surface area contributed by atoms with Crippen molar-refractivity contribution in [2.24, 2.45) is 5.92 Å². The second kappa shape index (κ2) is 3.39. The highest BCUT2D eigenvalue weighted by atomic mass is 15.2. The normalized spacial score (nSPS) is 31.6. The monoisotopic (exact) mass is 240 g/mol. The number of nitrogens with one attached hydrogen (secondary N) is 1. The van der Waals surface area contributed by atoms with E-state index >= 15 is 0 Å². The van der Waals surface area contributed by atoms with Crippen molar-refractivity contribution in [3.63, 3.8) is 0 Å². The lowest BCUT2D eigenvalue weighted by molar-refractivity contribution is 0.108. The van der Waals surface area contributed by atoms with Crippen molar-refractivity contribution in [3.8, 4) is 0 Å². The molecule has 0 bridgehead atoms. The molecule has 2 aliphatic heterocycles. The summed E-state index contributed by atoms with van der Waals surface area (Å²) in [5, 5.41) is 1.44. The number of benzene rings is 1. The van der Waals surface area contributed by atoms with Gasteiger partial charge in [0.1, 0.15) is 0 Å². The van der Waals surface area contributed by atoms with E-state index in [9.17, 15) is 0 Å². The Morgan fingerprint density at radius 3 is 3.00 bits per heavy atom. The Morgan fingerprint density at radius 1 is 1.28 bits per heavy atom. The van der Waals surface area contributed by atoms with Crippen molar-refractivity contribution >= 4 is 10.9 Å². The molecular formula is C16H20N2. The van der Waals surface area contributed by atoms with Crippen LogP contribution in [-0.4, -0.2) is 23.0 Å². The molecule has 0 spiro atoms. The van der Waals surface area contributed by atoms with Crippen LogP contribution in [0.3, 0.4) is 0 Å². The first-order valence-electron chi connectivity index (χ1n) is 7.06. The van der Waals surface area contributed by atoms with Gasteiger partial charge in [-0.25, -0.2) is 0 Å². The number of nitrogens with zero attached hydrogens (tertiary/aromatic N) is 1. The van der Waals surface area contributed by atoms with Gasteiger partial charge in [0.15, 0.2) is 0 Å². The summed E-state index contributed by atoms with van der Waals surface area (Å²) >= 11 is 0. The average molecular weight is 240 g/mol. The van der Waals surface area contributed by atoms with Gasteiger partial charge in [0.2, 0.25) is 0 Å². The minimum Gasteiger partial charge on any atom is -0.357 e. The molecule has 94 valence electrons. The predicted molar refractivity (Wildman–Crippen MR) is 74.7 cm³/mol. The van der Waals surface area contributed by atoms with E-state index in [1.807, 2.05) is 0 Å². The molecule has 2 aliphatic rings. The summed E-state index contributed by atoms with van der Waals surface area (Å²) in [7, 11) is 0. The molecule has 18 heavy (non-hydrogen) atoms. The zero-order valence-corrected chi connectivity index (χ0v) is 11.2. The maximum atomic E-state index is 3.72. The SMILES string of the molecule is C[C@@H]1CCN2CCc3c([nH]c4ccccc34)[C@@]12C. The van der Waals surface area contributed by atoms with Gasteiger partial charge in [-0.2, -0.15) is 0 Å². The van der Waals surface area contributed by atoms with Gasteiger partial charge in [-0.3, -0.25) is 4.90 Å². The molecule has 4 rings (SSSR count). The van der Waals surface area contributed by atoms with E-state index in [2.05, 4.69) is 48.0 Å². The standard InChI is InChI=1S/C16H20N2/c1-11-7-9-18-10-8-13-12-5-3-4-6-14(12)17-15(13)16(11,18)2/h3-6,11,17H,7-10H2,1-2H3/t11-,16-/m1/s1. The van der Waals surface area contributed by atoms with Gasteiger partial charge in [-0.15, -0.1) is 0 Å². The summed E-state index contributed by atoms with van der Waals surface area (Å²) in [6.07, 6.45) is 2.52. The highest BCUT2D eigenvalue weighted by molar-refractivity contribution is 5.85. The van der Waals surface area contributed by atoms with E-state index < -0.39 is 0 Å². The van der Waals surface area contributed by atoms with Crippen molar-refractivity contribution in [2.45, 2.75) is 32.2 Å². The van der Waals surface area contributed by atoms with E-state index in [-0.39, 0.29) is 5.54 Å². The van der Waals surface area contributed by atoms with Gasteiger partial charge >= 0.3 is 0 Å².